The van der Waals surface area contributed by atoms with Gasteiger partial charge in [0.15, 0.2) is 0 Å². The van der Waals surface area contributed by atoms with Crippen LogP contribution in [0.3, 0.4) is 0 Å². The summed E-state index contributed by atoms with van der Waals surface area (Å²) < 4.78 is 6.23. The number of nitrogens with zero attached hydrogens (tertiary/aromatic N) is 1. The van der Waals surface area contributed by atoms with Crippen molar-refractivity contribution >= 4 is 23.5 Å². The maximum Gasteiger partial charge on any atom is 0.122 e. The van der Waals surface area contributed by atoms with Gasteiger partial charge < -0.3 is 4.74 Å². The van der Waals surface area contributed by atoms with E-state index in [1.54, 1.807) is 7.11 Å². The van der Waals surface area contributed by atoms with E-state index < -0.39 is 0 Å². The Hall–Kier alpha value is -1.57. The lowest BCUT2D eigenvalue weighted by atomic mass is 9.68. The van der Waals surface area contributed by atoms with E-state index in [1.807, 2.05) is 0 Å². The highest BCUT2D eigenvalue weighted by atomic mass is 32.2. The first-order valence-electron chi connectivity index (χ1n) is 10.6. The molecule has 1 fully saturated rings. The monoisotopic (exact) mass is 423 g/mol. The summed E-state index contributed by atoms with van der Waals surface area (Å²) in [6.07, 6.45) is 4.44. The number of hydrogen-bond donors (Lipinski definition) is 0. The Morgan fingerprint density at radius 1 is 1.14 bits per heavy atom. The third kappa shape index (κ3) is 4.32. The molecule has 4 heteroatoms. The van der Waals surface area contributed by atoms with E-state index in [1.165, 1.54) is 40.2 Å². The van der Waals surface area contributed by atoms with E-state index in [9.17, 15) is 5.26 Å². The van der Waals surface area contributed by atoms with Crippen molar-refractivity contribution in [1.29, 1.82) is 5.26 Å². The summed E-state index contributed by atoms with van der Waals surface area (Å²) >= 11 is 4.24. The van der Waals surface area contributed by atoms with Crippen molar-refractivity contribution in [3.8, 4) is 11.8 Å². The molecule has 2 nitrogen and oxygen atoms in total. The molecule has 29 heavy (non-hydrogen) atoms. The lowest BCUT2D eigenvalue weighted by Crippen LogP contribution is -2.35. The Kier molecular flexibility index (Phi) is 6.77. The molecule has 3 unspecified atom stereocenters. The summed E-state index contributed by atoms with van der Waals surface area (Å²) in [5.74, 6) is 4.29. The summed E-state index contributed by atoms with van der Waals surface area (Å²) in [5, 5.41) is 10.3. The van der Waals surface area contributed by atoms with Gasteiger partial charge in [-0.15, -0.1) is 23.5 Å². The second-order valence-electron chi connectivity index (χ2n) is 8.10. The molecule has 3 atom stereocenters. The molecule has 0 aromatic heterocycles. The quantitative estimate of drug-likeness (QED) is 0.571. The molecule has 0 amide bonds. The number of nitriles is 1. The minimum absolute atomic E-state index is 0.0503. The van der Waals surface area contributed by atoms with Crippen LogP contribution < -0.4 is 4.74 Å². The summed E-state index contributed by atoms with van der Waals surface area (Å²) in [6, 6.07) is 17.8. The van der Waals surface area contributed by atoms with Crippen molar-refractivity contribution in [3.63, 3.8) is 0 Å². The van der Waals surface area contributed by atoms with E-state index in [-0.39, 0.29) is 5.92 Å². The van der Waals surface area contributed by atoms with Crippen molar-refractivity contribution in [2.75, 3.05) is 18.6 Å². The molecule has 1 aliphatic carbocycles. The molecule has 0 spiro atoms. The lowest BCUT2D eigenvalue weighted by molar-refractivity contribution is 0.287. The van der Waals surface area contributed by atoms with Gasteiger partial charge in [0.1, 0.15) is 5.75 Å². The number of aryl methyl sites for hydroxylation is 1. The zero-order valence-electron chi connectivity index (χ0n) is 17.3. The van der Waals surface area contributed by atoms with Crippen LogP contribution in [-0.2, 0) is 12.8 Å². The molecule has 2 aromatic carbocycles. The van der Waals surface area contributed by atoms with Crippen LogP contribution >= 0.6 is 23.5 Å². The molecular formula is C25H29NOS2. The topological polar surface area (TPSA) is 33.0 Å². The van der Waals surface area contributed by atoms with Crippen LogP contribution in [0.15, 0.2) is 42.5 Å². The highest BCUT2D eigenvalue weighted by molar-refractivity contribution is 8.17. The normalized spacial score (nSPS) is 23.1. The van der Waals surface area contributed by atoms with E-state index in [4.69, 9.17) is 4.74 Å². The van der Waals surface area contributed by atoms with Crippen molar-refractivity contribution in [2.24, 2.45) is 11.8 Å². The lowest BCUT2D eigenvalue weighted by Gasteiger charge is -2.41. The minimum Gasteiger partial charge on any atom is -0.496 e. The van der Waals surface area contributed by atoms with E-state index in [0.717, 1.165) is 25.0 Å². The largest absolute Gasteiger partial charge is 0.496 e. The van der Waals surface area contributed by atoms with Gasteiger partial charge in [-0.25, -0.2) is 0 Å². The van der Waals surface area contributed by atoms with Gasteiger partial charge in [0.25, 0.3) is 0 Å². The number of hydrogen-bond acceptors (Lipinski definition) is 4. The van der Waals surface area contributed by atoms with Gasteiger partial charge in [0, 0.05) is 0 Å². The summed E-state index contributed by atoms with van der Waals surface area (Å²) in [4.78, 5) is 0. The second-order valence-corrected chi connectivity index (χ2v) is 10.9. The molecule has 1 saturated heterocycles. The highest BCUT2D eigenvalue weighted by Gasteiger charge is 2.41. The maximum atomic E-state index is 10.3. The molecule has 1 heterocycles. The third-order valence-corrected chi connectivity index (χ3v) is 9.65. The summed E-state index contributed by atoms with van der Waals surface area (Å²) in [6.45, 7) is 2.15. The molecule has 0 bridgehead atoms. The van der Waals surface area contributed by atoms with Crippen molar-refractivity contribution < 1.29 is 4.74 Å². The number of fused-ring (bicyclic) bond motifs is 1. The molecule has 0 N–H and O–H groups in total. The molecule has 0 radical (unpaired) electrons. The zero-order valence-corrected chi connectivity index (χ0v) is 18.9. The van der Waals surface area contributed by atoms with Crippen LogP contribution in [0.2, 0.25) is 0 Å². The van der Waals surface area contributed by atoms with E-state index in [0.29, 0.717) is 16.4 Å². The first kappa shape index (κ1) is 20.7. The number of methoxy groups -OCH3 is 1. The van der Waals surface area contributed by atoms with Gasteiger partial charge in [-0.2, -0.15) is 5.26 Å². The fraction of sp³-hybridized carbons (Fsp3) is 0.480. The zero-order chi connectivity index (χ0) is 20.2. The molecule has 4 rings (SSSR count). The predicted molar refractivity (Wildman–Crippen MR) is 125 cm³/mol. The van der Waals surface area contributed by atoms with Crippen LogP contribution in [-0.4, -0.2) is 23.2 Å². The van der Waals surface area contributed by atoms with Crippen LogP contribution in [0.25, 0.3) is 0 Å². The van der Waals surface area contributed by atoms with Gasteiger partial charge in [0.2, 0.25) is 0 Å². The van der Waals surface area contributed by atoms with Crippen LogP contribution in [0, 0.1) is 30.1 Å². The Labute approximate surface area is 183 Å². The minimum atomic E-state index is -0.0503. The third-order valence-electron chi connectivity index (χ3n) is 6.42. The Bertz CT molecular complexity index is 870. The van der Waals surface area contributed by atoms with E-state index >= 15 is 0 Å². The smallest absolute Gasteiger partial charge is 0.122 e. The fourth-order valence-electron chi connectivity index (χ4n) is 5.05. The predicted octanol–water partition coefficient (Wildman–Crippen LogP) is 6.23. The highest BCUT2D eigenvalue weighted by Crippen LogP contribution is 2.50. The average Bonchev–Trinajstić information content (AvgIpc) is 2.78. The fourth-order valence-corrected chi connectivity index (χ4v) is 8.37. The van der Waals surface area contributed by atoms with Gasteiger partial charge in [-0.05, 0) is 84.3 Å². The first-order valence-corrected chi connectivity index (χ1v) is 12.7. The first-order chi connectivity index (χ1) is 14.2. The summed E-state index contributed by atoms with van der Waals surface area (Å²) in [5.41, 5.74) is 5.14. The maximum absolute atomic E-state index is 10.3. The van der Waals surface area contributed by atoms with E-state index in [2.05, 4.69) is 79.0 Å². The second kappa shape index (κ2) is 9.49. The number of rotatable bonds is 5. The SMILES string of the molecule is COc1ccc(C)c2c1CCC(C(Cc1ccccc1)C1SCCCS1)C2C#N. The van der Waals surface area contributed by atoms with Gasteiger partial charge in [0.05, 0.1) is 23.7 Å². The molecule has 2 aliphatic rings. The van der Waals surface area contributed by atoms with Crippen molar-refractivity contribution in [3.05, 3.63) is 64.7 Å². The summed E-state index contributed by atoms with van der Waals surface area (Å²) in [7, 11) is 1.74. The molecular weight excluding hydrogens is 394 g/mol. The van der Waals surface area contributed by atoms with Crippen molar-refractivity contribution in [1.82, 2.24) is 0 Å². The van der Waals surface area contributed by atoms with Crippen LogP contribution in [0.4, 0.5) is 0 Å². The van der Waals surface area contributed by atoms with Gasteiger partial charge in [-0.3, -0.25) is 0 Å². The molecule has 2 aromatic rings. The molecule has 0 saturated carbocycles. The number of thioether (sulfide) groups is 2. The van der Waals surface area contributed by atoms with Crippen LogP contribution in [0.5, 0.6) is 5.75 Å². The average molecular weight is 424 g/mol. The van der Waals surface area contributed by atoms with Gasteiger partial charge in [-0.1, -0.05) is 36.4 Å². The standard InChI is InChI=1S/C25H29NOS2/c1-17-9-12-23(27-2)20-11-10-19(22(16-26)24(17)20)21(25-28-13-6-14-29-25)15-18-7-4-3-5-8-18/h3-5,7-9,12,19,21-22,25H,6,10-11,13-15H2,1-2H3. The molecule has 1 aliphatic heterocycles. The Morgan fingerprint density at radius 2 is 1.90 bits per heavy atom. The Balaban J connectivity index is 1.71. The molecule has 152 valence electrons. The number of ether oxygens (including phenoxy) is 1. The van der Waals surface area contributed by atoms with Crippen molar-refractivity contribution in [2.45, 2.75) is 43.1 Å². The number of benzene rings is 2. The Morgan fingerprint density at radius 3 is 2.59 bits per heavy atom. The van der Waals surface area contributed by atoms with Crippen LogP contribution in [0.1, 0.15) is 41.0 Å². The van der Waals surface area contributed by atoms with Gasteiger partial charge >= 0.3 is 0 Å².